The van der Waals surface area contributed by atoms with Crippen molar-refractivity contribution in [3.8, 4) is 0 Å². The summed E-state index contributed by atoms with van der Waals surface area (Å²) in [6, 6.07) is 14.5. The van der Waals surface area contributed by atoms with Gasteiger partial charge in [0.25, 0.3) is 5.91 Å². The topological polar surface area (TPSA) is 90.0 Å². The molecule has 186 valence electrons. The zero-order valence-corrected chi connectivity index (χ0v) is 21.1. The van der Waals surface area contributed by atoms with Crippen LogP contribution in [-0.4, -0.2) is 67.3 Å². The fourth-order valence-corrected chi connectivity index (χ4v) is 6.80. The molecule has 3 amide bonds. The number of benzene rings is 2. The first-order chi connectivity index (χ1) is 16.8. The first-order valence-corrected chi connectivity index (χ1v) is 13.8. The predicted octanol–water partition coefficient (Wildman–Crippen LogP) is 2.86. The van der Waals surface area contributed by atoms with Gasteiger partial charge in [0.15, 0.2) is 0 Å². The molecule has 2 heterocycles. The average molecular weight is 497 g/mol. The van der Waals surface area contributed by atoms with Gasteiger partial charge in [-0.05, 0) is 54.0 Å². The molecular weight excluding hydrogens is 464 g/mol. The number of hydrogen-bond acceptors (Lipinski definition) is 5. The predicted molar refractivity (Wildman–Crippen MR) is 132 cm³/mol. The molecule has 9 heteroatoms. The lowest BCUT2D eigenvalue weighted by atomic mass is 9.92. The molecule has 2 aromatic carbocycles. The molecular formula is C26H32N4O4S. The summed E-state index contributed by atoms with van der Waals surface area (Å²) in [6.07, 6.45) is 2.32. The molecule has 0 bridgehead atoms. The van der Waals surface area contributed by atoms with Crippen LogP contribution < -0.4 is 5.32 Å². The summed E-state index contributed by atoms with van der Waals surface area (Å²) >= 11 is 0. The molecule has 5 rings (SSSR count). The summed E-state index contributed by atoms with van der Waals surface area (Å²) in [5.74, 6) is 0.168. The molecule has 0 radical (unpaired) electrons. The maximum Gasteiger partial charge on any atom is 0.326 e. The summed E-state index contributed by atoms with van der Waals surface area (Å²) in [5.41, 5.74) is 2.14. The van der Waals surface area contributed by atoms with Gasteiger partial charge in [0.2, 0.25) is 10.0 Å². The monoisotopic (exact) mass is 496 g/mol. The first kappa shape index (κ1) is 24.0. The normalized spacial score (nSPS) is 24.1. The fraction of sp³-hybridized carbons (Fsp3) is 0.462. The van der Waals surface area contributed by atoms with E-state index in [0.717, 1.165) is 29.5 Å². The van der Waals surface area contributed by atoms with Gasteiger partial charge < -0.3 is 5.32 Å². The van der Waals surface area contributed by atoms with Crippen LogP contribution in [0.4, 0.5) is 4.79 Å². The van der Waals surface area contributed by atoms with Crippen LogP contribution in [0.25, 0.3) is 0 Å². The largest absolute Gasteiger partial charge is 0.326 e. The molecule has 2 atom stereocenters. The Hall–Kier alpha value is -2.75. The minimum atomic E-state index is -3.59. The lowest BCUT2D eigenvalue weighted by molar-refractivity contribution is -0.133. The SMILES string of the molecule is CC[C@H](C)c1ccc(S(=O)(=O)N2CCN(CN3C(=O)N[C@]4(CCc5ccccc54)C3=O)CC2)cc1. The molecule has 2 aliphatic heterocycles. The maximum absolute atomic E-state index is 13.4. The molecule has 0 saturated carbocycles. The summed E-state index contributed by atoms with van der Waals surface area (Å²) in [4.78, 5) is 29.7. The highest BCUT2D eigenvalue weighted by Crippen LogP contribution is 2.41. The Balaban J connectivity index is 1.23. The molecule has 35 heavy (non-hydrogen) atoms. The van der Waals surface area contributed by atoms with Crippen LogP contribution in [0, 0.1) is 0 Å². The van der Waals surface area contributed by atoms with E-state index in [-0.39, 0.29) is 18.6 Å². The van der Waals surface area contributed by atoms with Crippen LogP contribution in [-0.2, 0) is 26.8 Å². The van der Waals surface area contributed by atoms with Crippen molar-refractivity contribution in [1.82, 2.24) is 19.4 Å². The van der Waals surface area contributed by atoms with Gasteiger partial charge in [0, 0.05) is 26.2 Å². The number of carbonyl (C=O) groups is 2. The van der Waals surface area contributed by atoms with E-state index in [9.17, 15) is 18.0 Å². The molecule has 0 unspecified atom stereocenters. The van der Waals surface area contributed by atoms with Crippen molar-refractivity contribution in [2.45, 2.75) is 49.5 Å². The van der Waals surface area contributed by atoms with Gasteiger partial charge in [0.1, 0.15) is 5.54 Å². The lowest BCUT2D eigenvalue weighted by Crippen LogP contribution is -2.52. The summed E-state index contributed by atoms with van der Waals surface area (Å²) < 4.78 is 27.8. The Labute approximate surface area is 206 Å². The number of amides is 3. The number of aryl methyl sites for hydroxylation is 1. The van der Waals surface area contributed by atoms with Gasteiger partial charge >= 0.3 is 6.03 Å². The minimum Gasteiger partial charge on any atom is -0.319 e. The summed E-state index contributed by atoms with van der Waals surface area (Å²) in [6.45, 7) is 5.92. The molecule has 1 spiro atoms. The van der Waals surface area contributed by atoms with E-state index in [1.165, 1.54) is 9.21 Å². The number of piperazine rings is 1. The van der Waals surface area contributed by atoms with Crippen molar-refractivity contribution >= 4 is 22.0 Å². The molecule has 8 nitrogen and oxygen atoms in total. The van der Waals surface area contributed by atoms with E-state index >= 15 is 0 Å². The Bertz CT molecular complexity index is 1240. The van der Waals surface area contributed by atoms with E-state index < -0.39 is 15.6 Å². The second-order valence-corrected chi connectivity index (χ2v) is 11.7. The third-order valence-electron chi connectivity index (χ3n) is 7.79. The average Bonchev–Trinajstić information content (AvgIpc) is 3.36. The zero-order chi connectivity index (χ0) is 24.8. The number of imide groups is 1. The number of fused-ring (bicyclic) bond motifs is 2. The standard InChI is InChI=1S/C26H32N4O4S/c1-3-19(2)20-8-10-22(11-9-20)35(33,34)29-16-14-28(15-17-29)18-30-24(31)26(27-25(30)32)13-12-21-6-4-5-7-23(21)26/h4-11,19H,3,12-18H2,1-2H3,(H,27,32)/t19-,26-/m0/s1. The van der Waals surface area contributed by atoms with Gasteiger partial charge in [0.05, 0.1) is 11.6 Å². The number of rotatable bonds is 6. The van der Waals surface area contributed by atoms with E-state index in [1.54, 1.807) is 12.1 Å². The number of urea groups is 1. The number of nitrogens with one attached hydrogen (secondary N) is 1. The molecule has 3 aliphatic rings. The summed E-state index contributed by atoms with van der Waals surface area (Å²) in [7, 11) is -3.59. The van der Waals surface area contributed by atoms with Gasteiger partial charge in [-0.25, -0.2) is 18.1 Å². The minimum absolute atomic E-state index is 0.159. The van der Waals surface area contributed by atoms with Crippen LogP contribution >= 0.6 is 0 Å². The van der Waals surface area contributed by atoms with Crippen LogP contribution in [0.5, 0.6) is 0 Å². The van der Waals surface area contributed by atoms with Crippen molar-refractivity contribution in [2.75, 3.05) is 32.8 Å². The van der Waals surface area contributed by atoms with Gasteiger partial charge in [-0.15, -0.1) is 0 Å². The summed E-state index contributed by atoms with van der Waals surface area (Å²) in [5, 5.41) is 2.95. The van der Waals surface area contributed by atoms with Gasteiger partial charge in [-0.3, -0.25) is 9.69 Å². The van der Waals surface area contributed by atoms with E-state index in [0.29, 0.717) is 43.4 Å². The molecule has 1 aliphatic carbocycles. The van der Waals surface area contributed by atoms with Crippen molar-refractivity contribution < 1.29 is 18.0 Å². The number of carbonyl (C=O) groups excluding carboxylic acids is 2. The second-order valence-electron chi connectivity index (χ2n) is 9.77. The number of nitrogens with zero attached hydrogens (tertiary/aromatic N) is 3. The highest BCUT2D eigenvalue weighted by Gasteiger charge is 2.55. The Morgan fingerprint density at radius 2 is 1.69 bits per heavy atom. The van der Waals surface area contributed by atoms with Gasteiger partial charge in [-0.2, -0.15) is 4.31 Å². The lowest BCUT2D eigenvalue weighted by Gasteiger charge is -2.35. The van der Waals surface area contributed by atoms with Crippen molar-refractivity contribution in [3.05, 3.63) is 65.2 Å². The number of hydrogen-bond donors (Lipinski definition) is 1. The van der Waals surface area contributed by atoms with Crippen molar-refractivity contribution in [2.24, 2.45) is 0 Å². The smallest absolute Gasteiger partial charge is 0.319 e. The van der Waals surface area contributed by atoms with E-state index in [2.05, 4.69) is 19.2 Å². The van der Waals surface area contributed by atoms with Crippen molar-refractivity contribution in [1.29, 1.82) is 0 Å². The quantitative estimate of drug-likeness (QED) is 0.621. The van der Waals surface area contributed by atoms with Crippen LogP contribution in [0.3, 0.4) is 0 Å². The highest BCUT2D eigenvalue weighted by molar-refractivity contribution is 7.89. The maximum atomic E-state index is 13.4. The third-order valence-corrected chi connectivity index (χ3v) is 9.71. The van der Waals surface area contributed by atoms with Crippen molar-refractivity contribution in [3.63, 3.8) is 0 Å². The molecule has 2 aromatic rings. The van der Waals surface area contributed by atoms with Crippen LogP contribution in [0.15, 0.2) is 53.4 Å². The second kappa shape index (κ2) is 9.04. The molecule has 2 saturated heterocycles. The zero-order valence-electron chi connectivity index (χ0n) is 20.2. The molecule has 2 fully saturated rings. The molecule has 0 aromatic heterocycles. The third kappa shape index (κ3) is 4.05. The van der Waals surface area contributed by atoms with Crippen LogP contribution in [0.2, 0.25) is 0 Å². The molecule has 1 N–H and O–H groups in total. The number of sulfonamides is 1. The Morgan fingerprint density at radius 3 is 2.37 bits per heavy atom. The Kier molecular flexibility index (Phi) is 6.19. The highest BCUT2D eigenvalue weighted by atomic mass is 32.2. The van der Waals surface area contributed by atoms with E-state index in [4.69, 9.17) is 0 Å². The first-order valence-electron chi connectivity index (χ1n) is 12.3. The fourth-order valence-electron chi connectivity index (χ4n) is 5.38. The van der Waals surface area contributed by atoms with Gasteiger partial charge in [-0.1, -0.05) is 50.2 Å². The van der Waals surface area contributed by atoms with Crippen LogP contribution in [0.1, 0.15) is 49.3 Å². The Morgan fingerprint density at radius 1 is 1.00 bits per heavy atom. The van der Waals surface area contributed by atoms with E-state index in [1.807, 2.05) is 41.3 Å².